The number of likely N-dealkylation sites (N-methyl/N-ethyl adjacent to an activating group) is 1. The van der Waals surface area contributed by atoms with Crippen molar-refractivity contribution in [2.75, 3.05) is 37.8 Å². The Labute approximate surface area is 260 Å². The average Bonchev–Trinajstić information content (AvgIpc) is 2.92. The summed E-state index contributed by atoms with van der Waals surface area (Å²) in [6, 6.07) is 7.49. The summed E-state index contributed by atoms with van der Waals surface area (Å²) < 4.78 is 28.7. The molecule has 0 saturated heterocycles. The third kappa shape index (κ3) is 4.33. The van der Waals surface area contributed by atoms with Gasteiger partial charge in [0.1, 0.15) is 0 Å². The van der Waals surface area contributed by atoms with E-state index >= 15 is 0 Å². The Bertz CT molecular complexity index is 1790. The maximum atomic E-state index is 14.5. The maximum Gasteiger partial charge on any atom is 0.262 e. The number of phenols is 1. The molecule has 1 amide bonds. The molecule has 3 aliphatic carbocycles. The highest BCUT2D eigenvalue weighted by Crippen LogP contribution is 2.62. The Kier molecular flexibility index (Phi) is 7.30. The number of anilines is 2. The van der Waals surface area contributed by atoms with E-state index in [1.165, 1.54) is 56.3 Å². The third-order valence-corrected chi connectivity index (χ3v) is 11.1. The number of rotatable bonds is 6. The summed E-state index contributed by atoms with van der Waals surface area (Å²) in [6.07, 6.45) is -0.176. The van der Waals surface area contributed by atoms with Crippen molar-refractivity contribution in [3.05, 3.63) is 47.5 Å². The predicted molar refractivity (Wildman–Crippen MR) is 162 cm³/mol. The lowest BCUT2D eigenvalue weighted by molar-refractivity contribution is -0.203. The maximum absolute atomic E-state index is 14.5. The molecule has 2 aromatic carbocycles. The van der Waals surface area contributed by atoms with Gasteiger partial charge in [-0.3, -0.25) is 33.6 Å². The lowest BCUT2D eigenvalue weighted by Gasteiger charge is -2.61. The van der Waals surface area contributed by atoms with Crippen molar-refractivity contribution >= 4 is 50.4 Å². The van der Waals surface area contributed by atoms with Crippen molar-refractivity contribution in [2.24, 2.45) is 28.4 Å². The van der Waals surface area contributed by atoms with Gasteiger partial charge < -0.3 is 20.8 Å². The topological polar surface area (TPSA) is 204 Å². The molecule has 13 nitrogen and oxygen atoms in total. The lowest BCUT2D eigenvalue weighted by atomic mass is 9.42. The average molecular weight is 641 g/mol. The highest BCUT2D eigenvalue weighted by molar-refractivity contribution is 7.92. The third-order valence-electron chi connectivity index (χ3n) is 9.74. The number of carbonyl (C=O) groups excluding carboxylic acids is 5. The van der Waals surface area contributed by atoms with Crippen molar-refractivity contribution in [1.82, 2.24) is 4.90 Å². The summed E-state index contributed by atoms with van der Waals surface area (Å²) in [6.45, 7) is 3.07. The molecule has 2 unspecified atom stereocenters. The van der Waals surface area contributed by atoms with Crippen molar-refractivity contribution in [1.29, 1.82) is 0 Å². The molecule has 0 radical (unpaired) electrons. The van der Waals surface area contributed by atoms with Crippen LogP contribution in [-0.4, -0.2) is 92.4 Å². The number of aliphatic hydroxyl groups is 1. The highest BCUT2D eigenvalue weighted by Gasteiger charge is 2.76. The van der Waals surface area contributed by atoms with E-state index < -0.39 is 79.1 Å². The fraction of sp³-hybridized carbons (Fsp3) is 0.452. The van der Waals surface area contributed by atoms with Crippen LogP contribution >= 0.6 is 0 Å². The van der Waals surface area contributed by atoms with Gasteiger partial charge in [0.15, 0.2) is 40.4 Å². The quantitative estimate of drug-likeness (QED) is 0.253. The van der Waals surface area contributed by atoms with Gasteiger partial charge in [0.2, 0.25) is 5.91 Å². The smallest absolute Gasteiger partial charge is 0.262 e. The second kappa shape index (κ2) is 10.2. The number of amides is 1. The number of benzene rings is 2. The zero-order valence-electron chi connectivity index (χ0n) is 25.7. The van der Waals surface area contributed by atoms with Crippen LogP contribution in [0, 0.1) is 22.7 Å². The first-order chi connectivity index (χ1) is 20.7. The summed E-state index contributed by atoms with van der Waals surface area (Å²) in [5.41, 5.74) is -0.482. The number of hydrogen-bond acceptors (Lipinski definition) is 11. The fourth-order valence-electron chi connectivity index (χ4n) is 8.05. The molecule has 0 heterocycles. The first-order valence-corrected chi connectivity index (χ1v) is 15.7. The van der Waals surface area contributed by atoms with Crippen molar-refractivity contribution in [2.45, 2.75) is 43.2 Å². The Morgan fingerprint density at radius 3 is 2.16 bits per heavy atom. The van der Waals surface area contributed by atoms with E-state index in [1.807, 2.05) is 0 Å². The van der Waals surface area contributed by atoms with Gasteiger partial charge in [-0.1, -0.05) is 32.0 Å². The number of primary amides is 1. The number of hydrogen-bond donors (Lipinski definition) is 4. The molecule has 5 N–H and O–H groups in total. The summed E-state index contributed by atoms with van der Waals surface area (Å²) in [5.74, 6) is -10.2. The van der Waals surface area contributed by atoms with Crippen LogP contribution in [0.4, 0.5) is 11.4 Å². The number of ketones is 4. The van der Waals surface area contributed by atoms with Gasteiger partial charge in [-0.2, -0.15) is 0 Å². The normalized spacial score (nSPS) is 31.2. The molecule has 240 valence electrons. The van der Waals surface area contributed by atoms with Crippen LogP contribution in [-0.2, 0) is 35.6 Å². The Balaban J connectivity index is 1.72. The number of nitrogens with one attached hydrogen (secondary N) is 1. The van der Waals surface area contributed by atoms with E-state index in [9.17, 15) is 42.6 Å². The van der Waals surface area contributed by atoms with Crippen molar-refractivity contribution in [3.8, 4) is 5.75 Å². The number of fused-ring (bicyclic) bond motifs is 3. The van der Waals surface area contributed by atoms with Crippen LogP contribution in [0.25, 0.3) is 0 Å². The molecule has 5 rings (SSSR count). The van der Waals surface area contributed by atoms with E-state index in [0.717, 1.165) is 0 Å². The molecule has 0 aliphatic heterocycles. The van der Waals surface area contributed by atoms with Gasteiger partial charge in [-0.05, 0) is 56.1 Å². The van der Waals surface area contributed by atoms with E-state index in [0.29, 0.717) is 11.3 Å². The SMILES string of the molecule is CN(C)c1cc(NS(=O)(=O)c2ccccc2)c(O)c2c1C[C@@]1(C)C[C@@]3(C)[C@H](N(C)C)C(=O)C(C(N)=O)C(=O)[C@@]3(O)C(=O)C1C2=O. The molecular weight excluding hydrogens is 604 g/mol. The van der Waals surface area contributed by atoms with E-state index in [2.05, 4.69) is 4.72 Å². The van der Waals surface area contributed by atoms with E-state index in [-0.39, 0.29) is 29.0 Å². The van der Waals surface area contributed by atoms with Crippen LogP contribution in [0.1, 0.15) is 36.2 Å². The predicted octanol–water partition coefficient (Wildman–Crippen LogP) is 0.514. The minimum atomic E-state index is -4.22. The number of sulfonamides is 1. The van der Waals surface area contributed by atoms with Gasteiger partial charge in [0.25, 0.3) is 10.0 Å². The second-order valence-corrected chi connectivity index (χ2v) is 14.9. The second-order valence-electron chi connectivity index (χ2n) is 13.2. The molecule has 14 heteroatoms. The molecule has 3 aliphatic rings. The molecule has 0 spiro atoms. The van der Waals surface area contributed by atoms with Gasteiger partial charge in [-0.25, -0.2) is 8.42 Å². The summed E-state index contributed by atoms with van der Waals surface area (Å²) in [7, 11) is 2.15. The summed E-state index contributed by atoms with van der Waals surface area (Å²) in [4.78, 5) is 71.4. The molecule has 2 aromatic rings. The number of phenolic OH excluding ortho intramolecular Hbond substituents is 1. The Morgan fingerprint density at radius 1 is 1.02 bits per heavy atom. The first kappa shape index (κ1) is 32.3. The van der Waals surface area contributed by atoms with Crippen LogP contribution < -0.4 is 15.4 Å². The molecule has 0 aromatic heterocycles. The van der Waals surface area contributed by atoms with E-state index in [1.54, 1.807) is 32.0 Å². The zero-order valence-corrected chi connectivity index (χ0v) is 26.6. The standard InChI is InChI=1S/C31H36N4O9S/c1-29-13-16-18(34(3)4)12-17(33-45(43,44)15-10-8-7-9-11-15)22(36)19(16)23(37)21(29)27(40)31(42)26(39)20(28(32)41)24(38)25(35(5)6)30(31,2)14-29/h7-12,20-21,25,33,36,42H,13-14H2,1-6H3,(H2,32,41)/t20?,21?,25-,29+,30+,31-/m1/s1. The molecule has 2 saturated carbocycles. The molecular formula is C31H36N4O9S. The molecule has 2 fully saturated rings. The largest absolute Gasteiger partial charge is 0.505 e. The molecule has 45 heavy (non-hydrogen) atoms. The lowest BCUT2D eigenvalue weighted by Crippen LogP contribution is -2.79. The number of carbonyl (C=O) groups is 5. The summed E-state index contributed by atoms with van der Waals surface area (Å²) in [5, 5.41) is 23.5. The van der Waals surface area contributed by atoms with Gasteiger partial charge in [-0.15, -0.1) is 0 Å². The number of nitrogens with zero attached hydrogens (tertiary/aromatic N) is 2. The van der Waals surface area contributed by atoms with Gasteiger partial charge >= 0.3 is 0 Å². The number of aromatic hydroxyl groups is 1. The minimum absolute atomic E-state index is 0.00921. The molecule has 6 atom stereocenters. The van der Waals surface area contributed by atoms with Crippen LogP contribution in [0.3, 0.4) is 0 Å². The van der Waals surface area contributed by atoms with Gasteiger partial charge in [0, 0.05) is 25.2 Å². The van der Waals surface area contributed by atoms with Crippen LogP contribution in [0.5, 0.6) is 5.75 Å². The number of Topliss-reactive ketones (excluding diaryl/α,β-unsaturated/α-hetero) is 4. The van der Waals surface area contributed by atoms with Crippen LogP contribution in [0.15, 0.2) is 41.3 Å². The monoisotopic (exact) mass is 640 g/mol. The minimum Gasteiger partial charge on any atom is -0.505 e. The Morgan fingerprint density at radius 2 is 1.62 bits per heavy atom. The van der Waals surface area contributed by atoms with E-state index in [4.69, 9.17) is 5.73 Å². The number of nitrogens with two attached hydrogens (primary N) is 1. The van der Waals surface area contributed by atoms with Crippen molar-refractivity contribution in [3.63, 3.8) is 0 Å². The highest BCUT2D eigenvalue weighted by atomic mass is 32.2. The zero-order chi connectivity index (χ0) is 33.6. The fourth-order valence-corrected chi connectivity index (χ4v) is 9.13. The summed E-state index contributed by atoms with van der Waals surface area (Å²) >= 11 is 0. The Hall–Kier alpha value is -4.14. The van der Waals surface area contributed by atoms with Crippen molar-refractivity contribution < 1.29 is 42.6 Å². The van der Waals surface area contributed by atoms with Crippen LogP contribution in [0.2, 0.25) is 0 Å². The van der Waals surface area contributed by atoms with Gasteiger partial charge in [0.05, 0.1) is 28.1 Å². The molecule has 0 bridgehead atoms. The first-order valence-electron chi connectivity index (χ1n) is 14.2.